The van der Waals surface area contributed by atoms with E-state index in [0.717, 1.165) is 31.5 Å². The zero-order valence-electron chi connectivity index (χ0n) is 15.1. The Labute approximate surface area is 140 Å². The number of ether oxygens (including phenoxy) is 1. The van der Waals surface area contributed by atoms with E-state index in [1.165, 1.54) is 42.4 Å². The SMILES string of the molecule is CCCCCCc1cc([C@@]2(C)C[C@@H]2C=O)cc2c1OCC2(C)C. The number of aldehydes is 1. The molecule has 0 N–H and O–H groups in total. The van der Waals surface area contributed by atoms with E-state index in [1.807, 2.05) is 0 Å². The molecule has 2 atom stereocenters. The van der Waals surface area contributed by atoms with E-state index in [0.29, 0.717) is 0 Å². The fourth-order valence-electron chi connectivity index (χ4n) is 3.88. The van der Waals surface area contributed by atoms with Crippen LogP contribution in [0.5, 0.6) is 5.75 Å². The fraction of sp³-hybridized carbons (Fsp3) is 0.667. The van der Waals surface area contributed by atoms with Gasteiger partial charge in [-0.25, -0.2) is 0 Å². The van der Waals surface area contributed by atoms with Crippen LogP contribution in [0.3, 0.4) is 0 Å². The Bertz CT molecular complexity index is 602. The van der Waals surface area contributed by atoms with Gasteiger partial charge in [0.1, 0.15) is 12.0 Å². The maximum Gasteiger partial charge on any atom is 0.126 e. The molecule has 0 unspecified atom stereocenters. The first kappa shape index (κ1) is 16.5. The summed E-state index contributed by atoms with van der Waals surface area (Å²) < 4.78 is 6.07. The highest BCUT2D eigenvalue weighted by Gasteiger charge is 2.52. The predicted molar refractivity (Wildman–Crippen MR) is 94.3 cm³/mol. The van der Waals surface area contributed by atoms with Gasteiger partial charge >= 0.3 is 0 Å². The molecule has 0 bridgehead atoms. The minimum Gasteiger partial charge on any atom is -0.492 e. The maximum atomic E-state index is 11.2. The molecule has 0 aromatic heterocycles. The summed E-state index contributed by atoms with van der Waals surface area (Å²) in [5, 5.41) is 0. The molecule has 1 heterocycles. The third-order valence-electron chi connectivity index (χ3n) is 5.90. The van der Waals surface area contributed by atoms with E-state index < -0.39 is 0 Å². The fourth-order valence-corrected chi connectivity index (χ4v) is 3.88. The van der Waals surface area contributed by atoms with Crippen LogP contribution in [-0.2, 0) is 22.0 Å². The van der Waals surface area contributed by atoms with Gasteiger partial charge < -0.3 is 9.53 Å². The average molecular weight is 314 g/mol. The Morgan fingerprint density at radius 3 is 2.65 bits per heavy atom. The van der Waals surface area contributed by atoms with Crippen LogP contribution in [0, 0.1) is 5.92 Å². The summed E-state index contributed by atoms with van der Waals surface area (Å²) in [6.45, 7) is 9.77. The van der Waals surface area contributed by atoms with E-state index in [1.54, 1.807) is 0 Å². The van der Waals surface area contributed by atoms with Crippen LogP contribution in [0.25, 0.3) is 0 Å². The summed E-state index contributed by atoms with van der Waals surface area (Å²) in [6, 6.07) is 4.65. The number of hydrogen-bond donors (Lipinski definition) is 0. The van der Waals surface area contributed by atoms with E-state index >= 15 is 0 Å². The van der Waals surface area contributed by atoms with Gasteiger partial charge in [0, 0.05) is 22.3 Å². The van der Waals surface area contributed by atoms with Crippen molar-refractivity contribution in [3.63, 3.8) is 0 Å². The number of unbranched alkanes of at least 4 members (excludes halogenated alkanes) is 3. The molecule has 1 aliphatic carbocycles. The zero-order chi connectivity index (χ0) is 16.7. The minimum absolute atomic E-state index is 0.0492. The van der Waals surface area contributed by atoms with Crippen LogP contribution >= 0.6 is 0 Å². The van der Waals surface area contributed by atoms with Gasteiger partial charge in [-0.1, -0.05) is 59.1 Å². The van der Waals surface area contributed by atoms with Crippen LogP contribution in [0.2, 0.25) is 0 Å². The van der Waals surface area contributed by atoms with Crippen molar-refractivity contribution < 1.29 is 9.53 Å². The smallest absolute Gasteiger partial charge is 0.126 e. The van der Waals surface area contributed by atoms with Crippen molar-refractivity contribution in [1.82, 2.24) is 0 Å². The van der Waals surface area contributed by atoms with Crippen molar-refractivity contribution in [2.24, 2.45) is 5.92 Å². The number of carbonyl (C=O) groups is 1. The monoisotopic (exact) mass is 314 g/mol. The molecular weight excluding hydrogens is 284 g/mol. The molecule has 1 saturated carbocycles. The van der Waals surface area contributed by atoms with E-state index in [-0.39, 0.29) is 16.7 Å². The van der Waals surface area contributed by atoms with Gasteiger partial charge in [-0.15, -0.1) is 0 Å². The molecule has 0 amide bonds. The molecule has 1 fully saturated rings. The number of aryl methyl sites for hydroxylation is 1. The normalized spacial score (nSPS) is 27.4. The van der Waals surface area contributed by atoms with Crippen molar-refractivity contribution in [3.8, 4) is 5.75 Å². The summed E-state index contributed by atoms with van der Waals surface area (Å²) in [5.41, 5.74) is 4.17. The number of benzene rings is 1. The molecule has 3 rings (SSSR count). The van der Waals surface area contributed by atoms with E-state index in [2.05, 4.69) is 39.8 Å². The van der Waals surface area contributed by atoms with Gasteiger partial charge in [-0.05, 0) is 30.4 Å². The molecule has 0 spiro atoms. The zero-order valence-corrected chi connectivity index (χ0v) is 15.1. The molecule has 2 nitrogen and oxygen atoms in total. The van der Waals surface area contributed by atoms with Crippen molar-refractivity contribution in [2.75, 3.05) is 6.61 Å². The molecule has 1 aliphatic heterocycles. The summed E-state index contributed by atoms with van der Waals surface area (Å²) >= 11 is 0. The molecule has 23 heavy (non-hydrogen) atoms. The second-order valence-electron chi connectivity index (χ2n) is 8.36. The van der Waals surface area contributed by atoms with Crippen LogP contribution in [0.15, 0.2) is 12.1 Å². The van der Waals surface area contributed by atoms with Crippen LogP contribution < -0.4 is 4.74 Å². The summed E-state index contributed by atoms with van der Waals surface area (Å²) in [6.07, 6.45) is 8.30. The lowest BCUT2D eigenvalue weighted by Gasteiger charge is -2.20. The van der Waals surface area contributed by atoms with Gasteiger partial charge in [-0.2, -0.15) is 0 Å². The third-order valence-corrected chi connectivity index (χ3v) is 5.90. The maximum absolute atomic E-state index is 11.2. The quantitative estimate of drug-likeness (QED) is 0.525. The summed E-state index contributed by atoms with van der Waals surface area (Å²) in [7, 11) is 0. The van der Waals surface area contributed by atoms with Gasteiger partial charge in [-0.3, -0.25) is 0 Å². The first-order valence-corrected chi connectivity index (χ1v) is 9.18. The minimum atomic E-state index is 0.0492. The van der Waals surface area contributed by atoms with Crippen LogP contribution in [0.1, 0.15) is 76.5 Å². The Kier molecular flexibility index (Phi) is 4.29. The molecule has 1 aromatic carbocycles. The van der Waals surface area contributed by atoms with Crippen molar-refractivity contribution in [1.29, 1.82) is 0 Å². The van der Waals surface area contributed by atoms with Gasteiger partial charge in [0.25, 0.3) is 0 Å². The van der Waals surface area contributed by atoms with Crippen LogP contribution in [-0.4, -0.2) is 12.9 Å². The predicted octanol–water partition coefficient (Wildman–Crippen LogP) is 4.96. The van der Waals surface area contributed by atoms with Crippen molar-refractivity contribution >= 4 is 6.29 Å². The lowest BCUT2D eigenvalue weighted by Crippen LogP contribution is -2.19. The number of carbonyl (C=O) groups excluding carboxylic acids is 1. The second-order valence-corrected chi connectivity index (χ2v) is 8.36. The lowest BCUT2D eigenvalue weighted by molar-refractivity contribution is -0.109. The van der Waals surface area contributed by atoms with Crippen molar-refractivity contribution in [3.05, 3.63) is 28.8 Å². The number of fused-ring (bicyclic) bond motifs is 1. The Morgan fingerprint density at radius 2 is 2.00 bits per heavy atom. The van der Waals surface area contributed by atoms with Gasteiger partial charge in [0.2, 0.25) is 0 Å². The second kappa shape index (κ2) is 5.96. The van der Waals surface area contributed by atoms with E-state index in [4.69, 9.17) is 4.74 Å². The van der Waals surface area contributed by atoms with E-state index in [9.17, 15) is 4.79 Å². The Hall–Kier alpha value is -1.31. The highest BCUT2D eigenvalue weighted by Crippen LogP contribution is 2.55. The van der Waals surface area contributed by atoms with Gasteiger partial charge in [0.15, 0.2) is 0 Å². The molecule has 2 aliphatic rings. The largest absolute Gasteiger partial charge is 0.492 e. The summed E-state index contributed by atoms with van der Waals surface area (Å²) in [5.74, 6) is 1.32. The highest BCUT2D eigenvalue weighted by molar-refractivity contribution is 5.65. The standard InChI is InChI=1S/C21H30O2/c1-5-6-7-8-9-15-10-16(21(4)12-17(21)13-22)11-18-19(15)23-14-20(18,2)3/h10-11,13,17H,5-9,12,14H2,1-4H3/t17-,21-/m1/s1. The molecule has 0 radical (unpaired) electrons. The first-order chi connectivity index (χ1) is 10.9. The highest BCUT2D eigenvalue weighted by atomic mass is 16.5. The summed E-state index contributed by atoms with van der Waals surface area (Å²) in [4.78, 5) is 11.2. The number of hydrogen-bond acceptors (Lipinski definition) is 2. The Morgan fingerprint density at radius 1 is 1.22 bits per heavy atom. The molecule has 126 valence electrons. The molecule has 2 heteroatoms. The average Bonchev–Trinajstić information content (AvgIpc) is 3.11. The molecular formula is C21H30O2. The topological polar surface area (TPSA) is 26.3 Å². The lowest BCUT2D eigenvalue weighted by atomic mass is 9.81. The van der Waals surface area contributed by atoms with Crippen molar-refractivity contribution in [2.45, 2.75) is 77.0 Å². The Balaban J connectivity index is 1.92. The molecule has 1 aromatic rings. The third kappa shape index (κ3) is 2.93. The first-order valence-electron chi connectivity index (χ1n) is 9.18. The van der Waals surface area contributed by atoms with Gasteiger partial charge in [0.05, 0.1) is 6.61 Å². The molecule has 0 saturated heterocycles. The van der Waals surface area contributed by atoms with Crippen LogP contribution in [0.4, 0.5) is 0 Å². The number of rotatable bonds is 7.